The highest BCUT2D eigenvalue weighted by Crippen LogP contribution is 2.37. The molecular weight excluding hydrogens is 396 g/mol. The van der Waals surface area contributed by atoms with Gasteiger partial charge in [-0.3, -0.25) is 9.69 Å². The molecule has 5 nitrogen and oxygen atoms in total. The van der Waals surface area contributed by atoms with Crippen molar-refractivity contribution in [2.24, 2.45) is 0 Å². The molecule has 0 saturated heterocycles. The van der Waals surface area contributed by atoms with Crippen LogP contribution in [0.3, 0.4) is 0 Å². The van der Waals surface area contributed by atoms with E-state index in [2.05, 4.69) is 17.1 Å². The number of fused-ring (bicyclic) bond motifs is 1. The van der Waals surface area contributed by atoms with E-state index < -0.39 is 0 Å². The molecule has 1 N–H and O–H groups in total. The normalized spacial score (nSPS) is 13.4. The first-order valence-electron chi connectivity index (χ1n) is 9.50. The summed E-state index contributed by atoms with van der Waals surface area (Å²) in [6.07, 6.45) is 1.87. The topological polar surface area (TPSA) is 58.6 Å². The summed E-state index contributed by atoms with van der Waals surface area (Å²) in [7, 11) is 0. The molecule has 1 aliphatic rings. The number of hydrogen-bond donors (Lipinski definition) is 1. The monoisotopic (exact) mass is 422 g/mol. The van der Waals surface area contributed by atoms with Crippen LogP contribution in [-0.2, 0) is 28.9 Å². The quantitative estimate of drug-likeness (QED) is 0.676. The van der Waals surface area contributed by atoms with Gasteiger partial charge >= 0.3 is 5.97 Å². The van der Waals surface area contributed by atoms with Crippen molar-refractivity contribution in [2.75, 3.05) is 25.0 Å². The molecule has 0 aliphatic carbocycles. The fourth-order valence-corrected chi connectivity index (χ4v) is 4.62. The average Bonchev–Trinajstić information content (AvgIpc) is 3.04. The number of anilines is 1. The highest BCUT2D eigenvalue weighted by molar-refractivity contribution is 7.17. The van der Waals surface area contributed by atoms with E-state index in [0.717, 1.165) is 42.1 Å². The molecular formula is C21H27ClN2O3S. The Hall–Kier alpha value is -1.89. The Labute approximate surface area is 176 Å². The predicted molar refractivity (Wildman–Crippen MR) is 116 cm³/mol. The molecule has 28 heavy (non-hydrogen) atoms. The number of benzene rings is 1. The second-order valence-corrected chi connectivity index (χ2v) is 7.69. The van der Waals surface area contributed by atoms with Crippen molar-refractivity contribution in [3.63, 3.8) is 0 Å². The summed E-state index contributed by atoms with van der Waals surface area (Å²) in [5.41, 5.74) is 2.73. The van der Waals surface area contributed by atoms with Crippen molar-refractivity contribution < 1.29 is 14.3 Å². The van der Waals surface area contributed by atoms with Crippen LogP contribution in [0.5, 0.6) is 0 Å². The van der Waals surface area contributed by atoms with Gasteiger partial charge in [-0.05, 0) is 37.4 Å². The van der Waals surface area contributed by atoms with Crippen LogP contribution in [0.2, 0.25) is 0 Å². The summed E-state index contributed by atoms with van der Waals surface area (Å²) in [5, 5.41) is 3.60. The summed E-state index contributed by atoms with van der Waals surface area (Å²) in [4.78, 5) is 28.5. The van der Waals surface area contributed by atoms with Gasteiger partial charge in [-0.15, -0.1) is 23.7 Å². The number of aryl methyl sites for hydroxylation is 1. The molecule has 152 valence electrons. The standard InChI is InChI=1S/C21H26N2O3S.ClH/c1-3-23-13-12-16-17(14-23)27-20(19(16)21(25)26-4-2)22-18(24)11-10-15-8-6-5-7-9-15;/h5-9H,3-4,10-14H2,1-2H3,(H,22,24);1H. The largest absolute Gasteiger partial charge is 0.462 e. The summed E-state index contributed by atoms with van der Waals surface area (Å²) < 4.78 is 5.26. The van der Waals surface area contributed by atoms with Gasteiger partial charge < -0.3 is 10.1 Å². The second kappa shape index (κ2) is 10.6. The molecule has 2 heterocycles. The van der Waals surface area contributed by atoms with E-state index in [1.54, 1.807) is 6.92 Å². The number of esters is 1. The third-order valence-corrected chi connectivity index (χ3v) is 5.93. The van der Waals surface area contributed by atoms with Crippen LogP contribution in [0.25, 0.3) is 0 Å². The Morgan fingerprint density at radius 1 is 1.21 bits per heavy atom. The molecule has 1 amide bonds. The van der Waals surface area contributed by atoms with Gasteiger partial charge in [0.2, 0.25) is 5.91 Å². The Kier molecular flexibility index (Phi) is 8.48. The zero-order valence-electron chi connectivity index (χ0n) is 16.3. The van der Waals surface area contributed by atoms with E-state index >= 15 is 0 Å². The predicted octanol–water partition coefficient (Wildman–Crippen LogP) is 4.30. The molecule has 7 heteroatoms. The number of rotatable bonds is 7. The van der Waals surface area contributed by atoms with Crippen LogP contribution in [-0.4, -0.2) is 36.5 Å². The zero-order chi connectivity index (χ0) is 19.2. The van der Waals surface area contributed by atoms with E-state index in [-0.39, 0.29) is 24.3 Å². The van der Waals surface area contributed by atoms with Gasteiger partial charge in [-0.2, -0.15) is 0 Å². The van der Waals surface area contributed by atoms with Crippen molar-refractivity contribution in [3.05, 3.63) is 51.9 Å². The van der Waals surface area contributed by atoms with E-state index in [9.17, 15) is 9.59 Å². The molecule has 3 rings (SSSR count). The van der Waals surface area contributed by atoms with Crippen molar-refractivity contribution in [3.8, 4) is 0 Å². The Bertz CT molecular complexity index is 807. The lowest BCUT2D eigenvalue weighted by molar-refractivity contribution is -0.116. The lowest BCUT2D eigenvalue weighted by Crippen LogP contribution is -2.30. The number of nitrogens with zero attached hydrogens (tertiary/aromatic N) is 1. The van der Waals surface area contributed by atoms with Gasteiger partial charge in [-0.1, -0.05) is 37.3 Å². The first-order chi connectivity index (χ1) is 13.1. The number of likely N-dealkylation sites (N-methyl/N-ethyl adjacent to an activating group) is 1. The number of carbonyl (C=O) groups excluding carboxylic acids is 2. The maximum atomic E-state index is 12.5. The molecule has 0 saturated carbocycles. The first kappa shape index (κ1) is 22.4. The number of halogens is 1. The maximum Gasteiger partial charge on any atom is 0.341 e. The van der Waals surface area contributed by atoms with Crippen LogP contribution in [0.4, 0.5) is 5.00 Å². The van der Waals surface area contributed by atoms with Gasteiger partial charge in [0.15, 0.2) is 0 Å². The minimum atomic E-state index is -0.335. The smallest absolute Gasteiger partial charge is 0.341 e. The van der Waals surface area contributed by atoms with E-state index in [0.29, 0.717) is 30.0 Å². The van der Waals surface area contributed by atoms with Crippen molar-refractivity contribution in [1.82, 2.24) is 4.90 Å². The number of amides is 1. The number of thiophene rings is 1. The van der Waals surface area contributed by atoms with Crippen LogP contribution in [0.15, 0.2) is 30.3 Å². The van der Waals surface area contributed by atoms with Crippen LogP contribution >= 0.6 is 23.7 Å². The highest BCUT2D eigenvalue weighted by atomic mass is 35.5. The second-order valence-electron chi connectivity index (χ2n) is 6.58. The Morgan fingerprint density at radius 2 is 1.96 bits per heavy atom. The van der Waals surface area contributed by atoms with E-state index in [1.165, 1.54) is 11.3 Å². The fraction of sp³-hybridized carbons (Fsp3) is 0.429. The zero-order valence-corrected chi connectivity index (χ0v) is 18.0. The average molecular weight is 423 g/mol. The molecule has 1 aliphatic heterocycles. The van der Waals surface area contributed by atoms with Gasteiger partial charge in [0.05, 0.1) is 12.2 Å². The Balaban J connectivity index is 0.00000280. The van der Waals surface area contributed by atoms with Crippen LogP contribution < -0.4 is 5.32 Å². The molecule has 0 fully saturated rings. The molecule has 1 aromatic carbocycles. The van der Waals surface area contributed by atoms with Crippen molar-refractivity contribution in [2.45, 2.75) is 39.7 Å². The SMILES string of the molecule is CCOC(=O)c1c(NC(=O)CCc2ccccc2)sc2c1CCN(CC)C2.Cl. The van der Waals surface area contributed by atoms with E-state index in [1.807, 2.05) is 30.3 Å². The fourth-order valence-electron chi connectivity index (χ4n) is 3.33. The molecule has 0 spiro atoms. The highest BCUT2D eigenvalue weighted by Gasteiger charge is 2.29. The lowest BCUT2D eigenvalue weighted by atomic mass is 10.0. The Morgan fingerprint density at radius 3 is 2.64 bits per heavy atom. The van der Waals surface area contributed by atoms with Gasteiger partial charge in [0.1, 0.15) is 5.00 Å². The number of carbonyl (C=O) groups is 2. The summed E-state index contributed by atoms with van der Waals surface area (Å²) in [5.74, 6) is -0.409. The van der Waals surface area contributed by atoms with Gasteiger partial charge in [0, 0.05) is 24.4 Å². The minimum Gasteiger partial charge on any atom is -0.462 e. The van der Waals surface area contributed by atoms with E-state index in [4.69, 9.17) is 4.74 Å². The number of nitrogens with one attached hydrogen (secondary N) is 1. The first-order valence-corrected chi connectivity index (χ1v) is 10.3. The third-order valence-electron chi connectivity index (χ3n) is 4.80. The van der Waals surface area contributed by atoms with Crippen molar-refractivity contribution >= 4 is 40.6 Å². The van der Waals surface area contributed by atoms with Crippen molar-refractivity contribution in [1.29, 1.82) is 0 Å². The molecule has 2 aromatic rings. The summed E-state index contributed by atoms with van der Waals surface area (Å²) >= 11 is 1.51. The summed E-state index contributed by atoms with van der Waals surface area (Å²) in [6, 6.07) is 9.93. The van der Waals surface area contributed by atoms with Gasteiger partial charge in [-0.25, -0.2) is 4.79 Å². The molecule has 0 radical (unpaired) electrons. The molecule has 1 aromatic heterocycles. The molecule has 0 bridgehead atoms. The maximum absolute atomic E-state index is 12.5. The minimum absolute atomic E-state index is 0. The van der Waals surface area contributed by atoms with Crippen LogP contribution in [0, 0.1) is 0 Å². The van der Waals surface area contributed by atoms with Crippen LogP contribution in [0.1, 0.15) is 46.6 Å². The molecule has 0 atom stereocenters. The molecule has 0 unspecified atom stereocenters. The summed E-state index contributed by atoms with van der Waals surface area (Å²) in [6.45, 7) is 6.98. The number of hydrogen-bond acceptors (Lipinski definition) is 5. The number of ether oxygens (including phenoxy) is 1. The third kappa shape index (κ3) is 5.34. The lowest BCUT2D eigenvalue weighted by Gasteiger charge is -2.25. The van der Waals surface area contributed by atoms with Gasteiger partial charge in [0.25, 0.3) is 0 Å².